The second-order valence-electron chi connectivity index (χ2n) is 6.73. The molecule has 0 aromatic heterocycles. The Labute approximate surface area is 136 Å². The first-order valence-electron chi connectivity index (χ1n) is 7.40. The summed E-state index contributed by atoms with van der Waals surface area (Å²) < 4.78 is 0. The number of carbonyl (C=O) groups is 3. The minimum absolute atomic E-state index is 0.0617. The second kappa shape index (κ2) is 9.71. The van der Waals surface area contributed by atoms with Crippen molar-refractivity contribution in [1.82, 2.24) is 10.6 Å². The Morgan fingerprint density at radius 3 is 2.18 bits per heavy atom. The molecule has 0 radical (unpaired) electrons. The van der Waals surface area contributed by atoms with Crippen LogP contribution in [0.4, 0.5) is 0 Å². The Hall–Kier alpha value is -1.24. The maximum Gasteiger partial charge on any atom is 0.305 e. The molecule has 0 heterocycles. The molecule has 0 rings (SSSR count). The maximum atomic E-state index is 12.1. The van der Waals surface area contributed by atoms with Gasteiger partial charge in [-0.2, -0.15) is 11.8 Å². The first-order chi connectivity index (χ1) is 10.0. The lowest BCUT2D eigenvalue weighted by Crippen LogP contribution is -2.49. The Morgan fingerprint density at radius 2 is 1.73 bits per heavy atom. The van der Waals surface area contributed by atoms with Crippen LogP contribution < -0.4 is 10.6 Å². The van der Waals surface area contributed by atoms with Crippen LogP contribution in [0.2, 0.25) is 0 Å². The second-order valence-corrected chi connectivity index (χ2v) is 7.76. The molecule has 0 aromatic rings. The number of amides is 2. The number of carbonyl (C=O) groups excluding carboxylic acids is 2. The van der Waals surface area contributed by atoms with Crippen LogP contribution in [0.15, 0.2) is 0 Å². The van der Waals surface area contributed by atoms with Crippen molar-refractivity contribution in [1.29, 1.82) is 0 Å². The molecule has 0 saturated heterocycles. The summed E-state index contributed by atoms with van der Waals surface area (Å²) in [5, 5.41) is 13.9. The normalized spacial score (nSPS) is 12.8. The first-order valence-corrected chi connectivity index (χ1v) is 8.56. The Morgan fingerprint density at radius 1 is 1.14 bits per heavy atom. The molecule has 0 unspecified atom stereocenters. The minimum atomic E-state index is -0.967. The SMILES string of the molecule is CC(C)C(=O)N[C@@H](CSCC(C)(C)C)C(=O)NCCC(=O)O. The molecule has 0 aliphatic carbocycles. The van der Waals surface area contributed by atoms with Gasteiger partial charge >= 0.3 is 5.97 Å². The van der Waals surface area contributed by atoms with Gasteiger partial charge in [0.05, 0.1) is 6.42 Å². The van der Waals surface area contributed by atoms with Gasteiger partial charge in [-0.05, 0) is 11.2 Å². The Kier molecular flexibility index (Phi) is 9.16. The molecule has 3 N–H and O–H groups in total. The fourth-order valence-electron chi connectivity index (χ4n) is 1.42. The molecule has 1 atom stereocenters. The van der Waals surface area contributed by atoms with Gasteiger partial charge in [-0.1, -0.05) is 34.6 Å². The van der Waals surface area contributed by atoms with Crippen LogP contribution in [0, 0.1) is 11.3 Å². The largest absolute Gasteiger partial charge is 0.481 e. The van der Waals surface area contributed by atoms with E-state index in [4.69, 9.17) is 5.11 Å². The highest BCUT2D eigenvalue weighted by Crippen LogP contribution is 2.20. The molecule has 0 aliphatic rings. The number of carboxylic acids is 1. The van der Waals surface area contributed by atoms with E-state index < -0.39 is 12.0 Å². The van der Waals surface area contributed by atoms with E-state index in [0.29, 0.717) is 5.75 Å². The molecule has 0 fully saturated rings. The fourth-order valence-corrected chi connectivity index (χ4v) is 2.62. The molecular weight excluding hydrogens is 304 g/mol. The quantitative estimate of drug-likeness (QED) is 0.595. The van der Waals surface area contributed by atoms with E-state index in [0.717, 1.165) is 5.75 Å². The number of aliphatic carboxylic acids is 1. The molecule has 0 spiro atoms. The summed E-state index contributed by atoms with van der Waals surface area (Å²) in [6.45, 7) is 9.90. The van der Waals surface area contributed by atoms with Gasteiger partial charge in [-0.25, -0.2) is 0 Å². The number of rotatable bonds is 9. The Balaban J connectivity index is 4.52. The number of nitrogens with one attached hydrogen (secondary N) is 2. The summed E-state index contributed by atoms with van der Waals surface area (Å²) in [7, 11) is 0. The fraction of sp³-hybridized carbons (Fsp3) is 0.800. The third-order valence-corrected chi connectivity index (χ3v) is 4.25. The third kappa shape index (κ3) is 10.5. The summed E-state index contributed by atoms with van der Waals surface area (Å²) in [5.41, 5.74) is 0.136. The van der Waals surface area contributed by atoms with Gasteiger partial charge in [0, 0.05) is 18.2 Å². The first kappa shape index (κ1) is 20.8. The van der Waals surface area contributed by atoms with Crippen molar-refractivity contribution in [3.05, 3.63) is 0 Å². The average Bonchev–Trinajstić information content (AvgIpc) is 2.35. The Bertz CT molecular complexity index is 391. The van der Waals surface area contributed by atoms with Gasteiger partial charge in [0.25, 0.3) is 0 Å². The number of carboxylic acid groups (broad SMARTS) is 1. The van der Waals surface area contributed by atoms with E-state index in [-0.39, 0.29) is 36.1 Å². The van der Waals surface area contributed by atoms with Gasteiger partial charge in [0.15, 0.2) is 0 Å². The van der Waals surface area contributed by atoms with Gasteiger partial charge in [-0.3, -0.25) is 14.4 Å². The zero-order chi connectivity index (χ0) is 17.3. The monoisotopic (exact) mass is 332 g/mol. The molecular formula is C15H28N2O4S. The van der Waals surface area contributed by atoms with Gasteiger partial charge < -0.3 is 15.7 Å². The van der Waals surface area contributed by atoms with E-state index in [1.165, 1.54) is 0 Å². The van der Waals surface area contributed by atoms with Crippen LogP contribution in [-0.2, 0) is 14.4 Å². The van der Waals surface area contributed by atoms with Gasteiger partial charge in [0.1, 0.15) is 6.04 Å². The van der Waals surface area contributed by atoms with E-state index in [2.05, 4.69) is 31.4 Å². The lowest BCUT2D eigenvalue weighted by molar-refractivity contribution is -0.137. The molecule has 0 aromatic carbocycles. The van der Waals surface area contributed by atoms with E-state index in [1.807, 2.05) is 0 Å². The molecule has 22 heavy (non-hydrogen) atoms. The van der Waals surface area contributed by atoms with Crippen LogP contribution in [0.1, 0.15) is 41.0 Å². The molecule has 6 nitrogen and oxygen atoms in total. The van der Waals surface area contributed by atoms with Crippen molar-refractivity contribution < 1.29 is 19.5 Å². The highest BCUT2D eigenvalue weighted by atomic mass is 32.2. The summed E-state index contributed by atoms with van der Waals surface area (Å²) >= 11 is 1.60. The molecule has 128 valence electrons. The van der Waals surface area contributed by atoms with Crippen molar-refractivity contribution in [3.8, 4) is 0 Å². The van der Waals surface area contributed by atoms with Crippen LogP contribution in [0.5, 0.6) is 0 Å². The number of hydrogen-bond donors (Lipinski definition) is 3. The minimum Gasteiger partial charge on any atom is -0.481 e. The van der Waals surface area contributed by atoms with Crippen molar-refractivity contribution in [2.45, 2.75) is 47.1 Å². The number of hydrogen-bond acceptors (Lipinski definition) is 4. The van der Waals surface area contributed by atoms with E-state index >= 15 is 0 Å². The molecule has 0 saturated carbocycles. The average molecular weight is 332 g/mol. The highest BCUT2D eigenvalue weighted by Gasteiger charge is 2.23. The molecule has 7 heteroatoms. The van der Waals surface area contributed by atoms with Crippen molar-refractivity contribution in [2.75, 3.05) is 18.1 Å². The summed E-state index contributed by atoms with van der Waals surface area (Å²) in [6.07, 6.45) is -0.133. The summed E-state index contributed by atoms with van der Waals surface area (Å²) in [4.78, 5) is 34.4. The van der Waals surface area contributed by atoms with Crippen molar-refractivity contribution in [3.63, 3.8) is 0 Å². The summed E-state index contributed by atoms with van der Waals surface area (Å²) in [6, 6.07) is -0.643. The van der Waals surface area contributed by atoms with Crippen molar-refractivity contribution >= 4 is 29.5 Å². The molecule has 2 amide bonds. The van der Waals surface area contributed by atoms with Crippen LogP contribution in [0.3, 0.4) is 0 Å². The lowest BCUT2D eigenvalue weighted by Gasteiger charge is -2.22. The lowest BCUT2D eigenvalue weighted by atomic mass is 10.0. The zero-order valence-electron chi connectivity index (χ0n) is 14.1. The van der Waals surface area contributed by atoms with E-state index in [9.17, 15) is 14.4 Å². The van der Waals surface area contributed by atoms with Gasteiger partial charge in [-0.15, -0.1) is 0 Å². The predicted molar refractivity (Wildman–Crippen MR) is 88.8 cm³/mol. The number of thioether (sulfide) groups is 1. The topological polar surface area (TPSA) is 95.5 Å². The smallest absolute Gasteiger partial charge is 0.305 e. The summed E-state index contributed by atoms with van der Waals surface area (Å²) in [5.74, 6) is -0.364. The van der Waals surface area contributed by atoms with Crippen LogP contribution >= 0.6 is 11.8 Å². The van der Waals surface area contributed by atoms with Crippen LogP contribution in [0.25, 0.3) is 0 Å². The van der Waals surface area contributed by atoms with Gasteiger partial charge in [0.2, 0.25) is 11.8 Å². The molecule has 0 bridgehead atoms. The van der Waals surface area contributed by atoms with Crippen molar-refractivity contribution in [2.24, 2.45) is 11.3 Å². The standard InChI is InChI=1S/C15H28N2O4S/c1-10(2)13(20)17-11(8-22-9-15(3,4)5)14(21)16-7-6-12(18)19/h10-11H,6-9H2,1-5H3,(H,16,21)(H,17,20)(H,18,19)/t11-/m0/s1. The van der Waals surface area contributed by atoms with E-state index in [1.54, 1.807) is 25.6 Å². The maximum absolute atomic E-state index is 12.1. The highest BCUT2D eigenvalue weighted by molar-refractivity contribution is 7.99. The molecule has 0 aliphatic heterocycles. The predicted octanol–water partition coefficient (Wildman–Crippen LogP) is 1.50. The third-order valence-electron chi connectivity index (χ3n) is 2.62. The van der Waals surface area contributed by atoms with Crippen LogP contribution in [-0.4, -0.2) is 47.0 Å². The zero-order valence-corrected chi connectivity index (χ0v) is 14.9.